The van der Waals surface area contributed by atoms with Gasteiger partial charge in [-0.2, -0.15) is 12.6 Å². The van der Waals surface area contributed by atoms with Crippen LogP contribution in [0.4, 0.5) is 0 Å². The summed E-state index contributed by atoms with van der Waals surface area (Å²) in [4.78, 5) is 23.3. The van der Waals surface area contributed by atoms with Crippen LogP contribution >= 0.6 is 12.6 Å². The number of thiol groups is 1. The fourth-order valence-corrected chi connectivity index (χ4v) is 1.32. The van der Waals surface area contributed by atoms with E-state index in [1.165, 1.54) is 11.9 Å². The Morgan fingerprint density at radius 1 is 1.45 bits per heavy atom. The van der Waals surface area contributed by atoms with E-state index in [0.29, 0.717) is 19.3 Å². The van der Waals surface area contributed by atoms with E-state index < -0.39 is 0 Å². The van der Waals surface area contributed by atoms with E-state index in [1.807, 2.05) is 0 Å². The second kappa shape index (κ2) is 3.26. The molecule has 1 heterocycles. The molecule has 1 unspecified atom stereocenters. The number of rotatable bonds is 0. The van der Waals surface area contributed by atoms with Gasteiger partial charge in [0.1, 0.15) is 0 Å². The van der Waals surface area contributed by atoms with E-state index in [0.717, 1.165) is 0 Å². The van der Waals surface area contributed by atoms with Gasteiger partial charge in [-0.3, -0.25) is 14.5 Å². The first-order chi connectivity index (χ1) is 5.11. The van der Waals surface area contributed by atoms with Crippen LogP contribution in [-0.2, 0) is 9.59 Å². The second-order valence-electron chi connectivity index (χ2n) is 2.74. The Balaban J connectivity index is 2.69. The highest BCUT2D eigenvalue weighted by molar-refractivity contribution is 7.81. The number of hydrogen-bond donors (Lipinski definition) is 1. The number of carbonyl (C=O) groups excluding carboxylic acids is 2. The largest absolute Gasteiger partial charge is 0.286 e. The van der Waals surface area contributed by atoms with Gasteiger partial charge in [0.15, 0.2) is 0 Å². The molecule has 1 rings (SSSR count). The minimum atomic E-state index is -0.118. The summed E-state index contributed by atoms with van der Waals surface area (Å²) in [5, 5.41) is 0.0522. The number of imide groups is 1. The van der Waals surface area contributed by atoms with Gasteiger partial charge in [0.05, 0.1) is 0 Å². The molecule has 1 atom stereocenters. The highest BCUT2D eigenvalue weighted by atomic mass is 32.1. The Bertz CT molecular complexity index is 193. The molecule has 62 valence electrons. The summed E-state index contributed by atoms with van der Waals surface area (Å²) in [5.74, 6) is -0.209. The normalized spacial score (nSPS) is 27.1. The zero-order valence-electron chi connectivity index (χ0n) is 6.41. The van der Waals surface area contributed by atoms with Crippen LogP contribution in [-0.4, -0.2) is 29.0 Å². The third-order valence-corrected chi connectivity index (χ3v) is 2.29. The summed E-state index contributed by atoms with van der Waals surface area (Å²) in [6.07, 6.45) is 1.53. The minimum Gasteiger partial charge on any atom is -0.286 e. The predicted octanol–water partition coefficient (Wildman–Crippen LogP) is 0.454. The van der Waals surface area contributed by atoms with Gasteiger partial charge in [-0.05, 0) is 6.42 Å². The maximum Gasteiger partial charge on any atom is 0.230 e. The summed E-state index contributed by atoms with van der Waals surface area (Å²) < 4.78 is 0. The smallest absolute Gasteiger partial charge is 0.230 e. The van der Waals surface area contributed by atoms with E-state index in [4.69, 9.17) is 0 Å². The number of carbonyl (C=O) groups is 2. The van der Waals surface area contributed by atoms with Crippen LogP contribution in [0, 0.1) is 0 Å². The van der Waals surface area contributed by atoms with Crippen molar-refractivity contribution < 1.29 is 9.59 Å². The predicted molar refractivity (Wildman–Crippen MR) is 44.4 cm³/mol. The molecule has 0 aliphatic carbocycles. The average molecular weight is 173 g/mol. The fourth-order valence-electron chi connectivity index (χ4n) is 1.04. The molecular formula is C7H11NO2S. The first-order valence-electron chi connectivity index (χ1n) is 3.58. The number of hydrogen-bond acceptors (Lipinski definition) is 3. The fraction of sp³-hybridized carbons (Fsp3) is 0.714. The molecule has 1 saturated heterocycles. The van der Waals surface area contributed by atoms with Crippen molar-refractivity contribution >= 4 is 24.4 Å². The van der Waals surface area contributed by atoms with Gasteiger partial charge in [0.25, 0.3) is 0 Å². The van der Waals surface area contributed by atoms with Gasteiger partial charge < -0.3 is 0 Å². The van der Waals surface area contributed by atoms with Crippen LogP contribution in [0.3, 0.4) is 0 Å². The van der Waals surface area contributed by atoms with Gasteiger partial charge in [0.2, 0.25) is 11.8 Å². The second-order valence-corrected chi connectivity index (χ2v) is 3.47. The summed E-state index contributed by atoms with van der Waals surface area (Å²) >= 11 is 4.17. The van der Waals surface area contributed by atoms with Crippen molar-refractivity contribution in [2.75, 3.05) is 7.05 Å². The van der Waals surface area contributed by atoms with E-state index in [2.05, 4.69) is 12.6 Å². The van der Waals surface area contributed by atoms with Crippen molar-refractivity contribution in [1.29, 1.82) is 0 Å². The molecule has 0 saturated carbocycles. The first-order valence-corrected chi connectivity index (χ1v) is 4.10. The molecular weight excluding hydrogens is 162 g/mol. The van der Waals surface area contributed by atoms with Gasteiger partial charge in [-0.1, -0.05) is 0 Å². The first kappa shape index (κ1) is 8.59. The quantitative estimate of drug-likeness (QED) is 0.426. The van der Waals surface area contributed by atoms with Crippen molar-refractivity contribution in [3.63, 3.8) is 0 Å². The van der Waals surface area contributed by atoms with Crippen molar-refractivity contribution in [3.05, 3.63) is 0 Å². The maximum atomic E-state index is 11.1. The van der Waals surface area contributed by atoms with Crippen LogP contribution in [0.25, 0.3) is 0 Å². The molecule has 1 fully saturated rings. The van der Waals surface area contributed by atoms with Crippen LogP contribution < -0.4 is 0 Å². The molecule has 0 aromatic rings. The molecule has 0 aromatic carbocycles. The zero-order chi connectivity index (χ0) is 8.43. The van der Waals surface area contributed by atoms with Crippen molar-refractivity contribution in [2.45, 2.75) is 24.5 Å². The van der Waals surface area contributed by atoms with E-state index >= 15 is 0 Å². The maximum absolute atomic E-state index is 11.1. The summed E-state index contributed by atoms with van der Waals surface area (Å²) in [7, 11) is 1.52. The SMILES string of the molecule is CN1C(=O)CCC(S)CC1=O. The van der Waals surface area contributed by atoms with Gasteiger partial charge in [0, 0.05) is 25.1 Å². The Labute approximate surface area is 71.2 Å². The van der Waals surface area contributed by atoms with Gasteiger partial charge >= 0.3 is 0 Å². The molecule has 3 nitrogen and oxygen atoms in total. The Morgan fingerprint density at radius 3 is 2.73 bits per heavy atom. The molecule has 0 bridgehead atoms. The molecule has 0 radical (unpaired) electrons. The lowest BCUT2D eigenvalue weighted by molar-refractivity contribution is -0.141. The van der Waals surface area contributed by atoms with Crippen LogP contribution in [0.5, 0.6) is 0 Å². The van der Waals surface area contributed by atoms with Crippen molar-refractivity contribution in [2.24, 2.45) is 0 Å². The lowest BCUT2D eigenvalue weighted by atomic mass is 10.2. The topological polar surface area (TPSA) is 37.4 Å². The van der Waals surface area contributed by atoms with E-state index in [-0.39, 0.29) is 17.1 Å². The standard InChI is InChI=1S/C7H11NO2S/c1-8-6(9)3-2-5(11)4-7(8)10/h5,11H,2-4H2,1H3. The zero-order valence-corrected chi connectivity index (χ0v) is 7.30. The molecule has 1 aliphatic rings. The molecule has 2 amide bonds. The molecule has 11 heavy (non-hydrogen) atoms. The van der Waals surface area contributed by atoms with Crippen molar-refractivity contribution in [3.8, 4) is 0 Å². The number of likely N-dealkylation sites (tertiary alicyclic amines) is 1. The third kappa shape index (κ3) is 1.96. The monoisotopic (exact) mass is 173 g/mol. The molecule has 0 N–H and O–H groups in total. The summed E-state index contributed by atoms with van der Waals surface area (Å²) in [5.41, 5.74) is 0. The molecule has 0 spiro atoms. The highest BCUT2D eigenvalue weighted by Gasteiger charge is 2.24. The van der Waals surface area contributed by atoms with E-state index in [1.54, 1.807) is 0 Å². The number of amides is 2. The summed E-state index contributed by atoms with van der Waals surface area (Å²) in [6, 6.07) is 0. The average Bonchev–Trinajstić information content (AvgIpc) is 2.05. The molecule has 1 aliphatic heterocycles. The highest BCUT2D eigenvalue weighted by Crippen LogP contribution is 2.16. The lowest BCUT2D eigenvalue weighted by Crippen LogP contribution is -2.31. The third-order valence-electron chi connectivity index (χ3n) is 1.85. The molecule has 4 heteroatoms. The van der Waals surface area contributed by atoms with Gasteiger partial charge in [-0.15, -0.1) is 0 Å². The van der Waals surface area contributed by atoms with Crippen LogP contribution in [0.1, 0.15) is 19.3 Å². The van der Waals surface area contributed by atoms with Crippen LogP contribution in [0.15, 0.2) is 0 Å². The Hall–Kier alpha value is -0.510. The number of nitrogens with zero attached hydrogens (tertiary/aromatic N) is 1. The summed E-state index contributed by atoms with van der Waals surface area (Å²) in [6.45, 7) is 0. The van der Waals surface area contributed by atoms with Gasteiger partial charge in [-0.25, -0.2) is 0 Å². The Morgan fingerprint density at radius 2 is 2.09 bits per heavy atom. The molecule has 0 aromatic heterocycles. The minimum absolute atomic E-state index is 0.0522. The Kier molecular flexibility index (Phi) is 2.54. The van der Waals surface area contributed by atoms with Crippen molar-refractivity contribution in [1.82, 2.24) is 4.90 Å². The van der Waals surface area contributed by atoms with E-state index in [9.17, 15) is 9.59 Å². The van der Waals surface area contributed by atoms with Crippen LogP contribution in [0.2, 0.25) is 0 Å². The lowest BCUT2D eigenvalue weighted by Gasteiger charge is -2.10.